The van der Waals surface area contributed by atoms with E-state index in [1.807, 2.05) is 66.9 Å². The minimum atomic E-state index is -0.00846. The van der Waals surface area contributed by atoms with Crippen molar-refractivity contribution in [2.24, 2.45) is 0 Å². The van der Waals surface area contributed by atoms with Gasteiger partial charge in [0.2, 0.25) is 5.91 Å². The lowest BCUT2D eigenvalue weighted by Crippen LogP contribution is -2.26. The van der Waals surface area contributed by atoms with E-state index in [2.05, 4.69) is 38.3 Å². The van der Waals surface area contributed by atoms with Gasteiger partial charge in [0.15, 0.2) is 11.0 Å². The molecule has 0 aliphatic heterocycles. The van der Waals surface area contributed by atoms with Gasteiger partial charge in [-0.25, -0.2) is 0 Å². The van der Waals surface area contributed by atoms with E-state index in [9.17, 15) is 4.79 Å². The number of aromatic nitrogens is 3. The molecule has 2 heterocycles. The number of nitrogens with one attached hydrogen (secondary N) is 1. The molecule has 2 aromatic carbocycles. The van der Waals surface area contributed by atoms with Crippen LogP contribution in [0.2, 0.25) is 0 Å². The summed E-state index contributed by atoms with van der Waals surface area (Å²) in [5.74, 6) is 1.55. The van der Waals surface area contributed by atoms with Crippen LogP contribution >= 0.6 is 23.1 Å². The van der Waals surface area contributed by atoms with Gasteiger partial charge in [-0.15, -0.1) is 21.5 Å². The van der Waals surface area contributed by atoms with Crippen molar-refractivity contribution in [2.45, 2.75) is 31.1 Å². The summed E-state index contributed by atoms with van der Waals surface area (Å²) >= 11 is 3.22. The summed E-state index contributed by atoms with van der Waals surface area (Å²) in [6.07, 6.45) is 0.425. The minimum absolute atomic E-state index is 0.00846. The number of rotatable bonds is 9. The largest absolute Gasteiger partial charge is 0.350 e. The Morgan fingerprint density at radius 2 is 1.77 bits per heavy atom. The van der Waals surface area contributed by atoms with E-state index >= 15 is 0 Å². The fourth-order valence-electron chi connectivity index (χ4n) is 3.27. The van der Waals surface area contributed by atoms with Crippen molar-refractivity contribution in [1.82, 2.24) is 20.1 Å². The molecule has 1 atom stereocenters. The molecule has 0 aliphatic carbocycles. The summed E-state index contributed by atoms with van der Waals surface area (Å²) < 4.78 is 2.14. The van der Waals surface area contributed by atoms with Gasteiger partial charge in [0.05, 0.1) is 17.5 Å². The molecule has 0 radical (unpaired) electrons. The summed E-state index contributed by atoms with van der Waals surface area (Å²) in [5.41, 5.74) is 2.29. The third-order valence-corrected chi connectivity index (χ3v) is 6.71. The van der Waals surface area contributed by atoms with E-state index < -0.39 is 0 Å². The van der Waals surface area contributed by atoms with Crippen LogP contribution in [0.1, 0.15) is 30.5 Å². The Bertz CT molecular complexity index is 1100. The molecule has 1 amide bonds. The number of thioether (sulfide) groups is 1. The van der Waals surface area contributed by atoms with Crippen LogP contribution in [-0.4, -0.2) is 26.4 Å². The fourth-order valence-corrected chi connectivity index (χ4v) is 4.86. The molecule has 5 nitrogen and oxygen atoms in total. The van der Waals surface area contributed by atoms with E-state index in [0.29, 0.717) is 18.7 Å². The Labute approximate surface area is 190 Å². The van der Waals surface area contributed by atoms with Crippen LogP contribution in [0, 0.1) is 0 Å². The van der Waals surface area contributed by atoms with Crippen molar-refractivity contribution < 1.29 is 4.79 Å². The molecule has 1 N–H and O–H groups in total. The maximum Gasteiger partial charge on any atom is 0.221 e. The van der Waals surface area contributed by atoms with Crippen LogP contribution in [0.3, 0.4) is 0 Å². The Kier molecular flexibility index (Phi) is 7.17. The van der Waals surface area contributed by atoms with Gasteiger partial charge >= 0.3 is 0 Å². The number of nitrogens with zero attached hydrogens (tertiary/aromatic N) is 3. The molecular formula is C24H24N4OS2. The highest BCUT2D eigenvalue weighted by Gasteiger charge is 2.16. The van der Waals surface area contributed by atoms with E-state index in [1.165, 1.54) is 5.56 Å². The first-order valence-electron chi connectivity index (χ1n) is 10.2. The number of hydrogen-bond acceptors (Lipinski definition) is 5. The molecule has 0 bridgehead atoms. The molecule has 0 saturated heterocycles. The summed E-state index contributed by atoms with van der Waals surface area (Å²) in [4.78, 5) is 13.5. The van der Waals surface area contributed by atoms with E-state index in [-0.39, 0.29) is 11.9 Å². The lowest BCUT2D eigenvalue weighted by atomic mass is 10.1. The quantitative estimate of drug-likeness (QED) is 0.348. The summed E-state index contributed by atoms with van der Waals surface area (Å²) in [7, 11) is 0. The molecular weight excluding hydrogens is 424 g/mol. The molecule has 1 unspecified atom stereocenters. The van der Waals surface area contributed by atoms with Gasteiger partial charge in [-0.2, -0.15) is 0 Å². The van der Waals surface area contributed by atoms with E-state index in [0.717, 1.165) is 21.4 Å². The van der Waals surface area contributed by atoms with E-state index in [4.69, 9.17) is 0 Å². The smallest absolute Gasteiger partial charge is 0.221 e. The van der Waals surface area contributed by atoms with E-state index in [1.54, 1.807) is 23.1 Å². The Morgan fingerprint density at radius 3 is 2.48 bits per heavy atom. The Morgan fingerprint density at radius 1 is 1.03 bits per heavy atom. The number of hydrogen-bond donors (Lipinski definition) is 1. The topological polar surface area (TPSA) is 59.8 Å². The average molecular weight is 449 g/mol. The van der Waals surface area contributed by atoms with Gasteiger partial charge in [0.25, 0.3) is 0 Å². The summed E-state index contributed by atoms with van der Waals surface area (Å²) in [5, 5.41) is 14.8. The van der Waals surface area contributed by atoms with Crippen LogP contribution in [0.4, 0.5) is 0 Å². The number of thiophene rings is 1. The summed E-state index contributed by atoms with van der Waals surface area (Å²) in [6.45, 7) is 2.70. The second-order valence-corrected chi connectivity index (χ2v) is 9.16. The molecule has 31 heavy (non-hydrogen) atoms. The zero-order valence-corrected chi connectivity index (χ0v) is 18.9. The van der Waals surface area contributed by atoms with Crippen LogP contribution in [0.25, 0.3) is 10.7 Å². The van der Waals surface area contributed by atoms with Crippen LogP contribution < -0.4 is 5.32 Å². The van der Waals surface area contributed by atoms with Crippen LogP contribution in [-0.2, 0) is 11.3 Å². The van der Waals surface area contributed by atoms with Crippen LogP contribution in [0.15, 0.2) is 83.3 Å². The zero-order chi connectivity index (χ0) is 21.5. The standard InChI is InChI=1S/C24H24N4OS2/c1-18(20-11-6-3-7-12-20)25-22(29)14-16-31-24-27-26-23(21-13-8-15-30-21)28(24)17-19-9-4-2-5-10-19/h2-13,15,18H,14,16-17H2,1H3,(H,25,29). The lowest BCUT2D eigenvalue weighted by Gasteiger charge is -2.14. The van der Waals surface area contributed by atoms with Crippen molar-refractivity contribution in [3.05, 3.63) is 89.3 Å². The molecule has 4 rings (SSSR count). The van der Waals surface area contributed by atoms with Gasteiger partial charge < -0.3 is 5.32 Å². The molecule has 7 heteroatoms. The Balaban J connectivity index is 1.40. The number of carbonyl (C=O) groups excluding carboxylic acids is 1. The third-order valence-electron chi connectivity index (χ3n) is 4.88. The molecule has 0 aliphatic rings. The highest BCUT2D eigenvalue weighted by molar-refractivity contribution is 7.99. The average Bonchev–Trinajstić information content (AvgIpc) is 3.45. The maximum absolute atomic E-state index is 12.4. The molecule has 4 aromatic rings. The predicted octanol–water partition coefficient (Wildman–Crippen LogP) is 5.41. The molecule has 0 saturated carbocycles. The third kappa shape index (κ3) is 5.62. The van der Waals surface area contributed by atoms with Crippen molar-refractivity contribution >= 4 is 29.0 Å². The van der Waals surface area contributed by atoms with Crippen molar-refractivity contribution in [3.63, 3.8) is 0 Å². The number of amides is 1. The monoisotopic (exact) mass is 448 g/mol. The highest BCUT2D eigenvalue weighted by atomic mass is 32.2. The molecule has 158 valence electrons. The van der Waals surface area contributed by atoms with Crippen molar-refractivity contribution in [3.8, 4) is 10.7 Å². The first kappa shape index (κ1) is 21.3. The predicted molar refractivity (Wildman–Crippen MR) is 127 cm³/mol. The van der Waals surface area contributed by atoms with Crippen molar-refractivity contribution in [2.75, 3.05) is 5.75 Å². The normalized spacial score (nSPS) is 11.9. The fraction of sp³-hybridized carbons (Fsp3) is 0.208. The SMILES string of the molecule is CC(NC(=O)CCSc1nnc(-c2cccs2)n1Cc1ccccc1)c1ccccc1. The summed E-state index contributed by atoms with van der Waals surface area (Å²) in [6, 6.07) is 24.4. The van der Waals surface area contributed by atoms with Gasteiger partial charge in [-0.3, -0.25) is 9.36 Å². The Hall–Kier alpha value is -2.90. The number of carbonyl (C=O) groups is 1. The lowest BCUT2D eigenvalue weighted by molar-refractivity contribution is -0.121. The maximum atomic E-state index is 12.4. The van der Waals surface area contributed by atoms with Gasteiger partial charge in [-0.1, -0.05) is 78.5 Å². The second-order valence-electron chi connectivity index (χ2n) is 7.15. The molecule has 0 spiro atoms. The molecule has 2 aromatic heterocycles. The molecule has 0 fully saturated rings. The second kappa shape index (κ2) is 10.4. The first-order valence-corrected chi connectivity index (χ1v) is 12.1. The van der Waals surface area contributed by atoms with Gasteiger partial charge in [0.1, 0.15) is 0 Å². The first-order chi connectivity index (χ1) is 15.2. The van der Waals surface area contributed by atoms with Gasteiger partial charge in [-0.05, 0) is 29.5 Å². The van der Waals surface area contributed by atoms with Crippen molar-refractivity contribution in [1.29, 1.82) is 0 Å². The number of benzene rings is 2. The minimum Gasteiger partial charge on any atom is -0.350 e. The van der Waals surface area contributed by atoms with Gasteiger partial charge in [0, 0.05) is 12.2 Å². The zero-order valence-electron chi connectivity index (χ0n) is 17.3. The highest BCUT2D eigenvalue weighted by Crippen LogP contribution is 2.28. The van der Waals surface area contributed by atoms with Crippen LogP contribution in [0.5, 0.6) is 0 Å².